The molecule has 1 aromatic heterocycles. The van der Waals surface area contributed by atoms with Gasteiger partial charge in [-0.05, 0) is 33.1 Å². The fourth-order valence-electron chi connectivity index (χ4n) is 3.79. The van der Waals surface area contributed by atoms with Gasteiger partial charge in [0.15, 0.2) is 0 Å². The van der Waals surface area contributed by atoms with E-state index in [2.05, 4.69) is 22.9 Å². The van der Waals surface area contributed by atoms with Gasteiger partial charge in [-0.3, -0.25) is 0 Å². The second-order valence-electron chi connectivity index (χ2n) is 6.83. The number of aromatic nitrogens is 2. The molecule has 2 fully saturated rings. The average Bonchev–Trinajstić information content (AvgIpc) is 2.95. The topological polar surface area (TPSA) is 58.5 Å². The molecule has 0 radical (unpaired) electrons. The third-order valence-corrected chi connectivity index (χ3v) is 5.11. The smallest absolute Gasteiger partial charge is 0.132 e. The number of hydrogen-bond acceptors (Lipinski definition) is 5. The van der Waals surface area contributed by atoms with Crippen molar-refractivity contribution in [1.29, 1.82) is 0 Å². The highest BCUT2D eigenvalue weighted by Gasteiger charge is 2.44. The number of nitrogens with zero attached hydrogens (tertiary/aromatic N) is 3. The molecule has 3 rings (SSSR count). The van der Waals surface area contributed by atoms with E-state index in [1.165, 1.54) is 0 Å². The summed E-state index contributed by atoms with van der Waals surface area (Å²) in [5.74, 6) is 2.05. The van der Waals surface area contributed by atoms with E-state index in [4.69, 9.17) is 9.72 Å². The highest BCUT2D eigenvalue weighted by Crippen LogP contribution is 2.37. The molecule has 0 aliphatic carbocycles. The molecule has 1 N–H and O–H groups in total. The number of aryl methyl sites for hydroxylation is 2. The molecule has 122 valence electrons. The van der Waals surface area contributed by atoms with Gasteiger partial charge in [-0.15, -0.1) is 0 Å². The second-order valence-corrected chi connectivity index (χ2v) is 6.83. The van der Waals surface area contributed by atoms with Crippen molar-refractivity contribution in [3.8, 4) is 0 Å². The molecular weight excluding hydrogens is 278 g/mol. The van der Waals surface area contributed by atoms with Gasteiger partial charge in [0.05, 0.1) is 12.2 Å². The molecule has 0 aromatic carbocycles. The molecule has 3 heterocycles. The Bertz CT molecular complexity index is 533. The number of ether oxygens (including phenoxy) is 1. The Morgan fingerprint density at radius 3 is 3.00 bits per heavy atom. The first-order valence-electron chi connectivity index (χ1n) is 8.42. The van der Waals surface area contributed by atoms with Gasteiger partial charge in [0.25, 0.3) is 0 Å². The van der Waals surface area contributed by atoms with Gasteiger partial charge in [0.2, 0.25) is 0 Å². The summed E-state index contributed by atoms with van der Waals surface area (Å²) in [6.07, 6.45) is 3.79. The maximum absolute atomic E-state index is 10.8. The predicted octanol–water partition coefficient (Wildman–Crippen LogP) is 2.10. The minimum absolute atomic E-state index is 0.143. The van der Waals surface area contributed by atoms with Gasteiger partial charge in [0.1, 0.15) is 11.6 Å². The van der Waals surface area contributed by atoms with Crippen LogP contribution in [0.4, 0.5) is 5.82 Å². The molecule has 2 saturated heterocycles. The lowest BCUT2D eigenvalue weighted by atomic mass is 9.79. The molecule has 5 heteroatoms. The van der Waals surface area contributed by atoms with Crippen LogP contribution < -0.4 is 4.90 Å². The standard InChI is InChI=1S/C17H27N3O2/c1-4-15-18-12(2)10-16(19-15)20-8-5-6-14(20)13-11-22-9-7-17(13,3)21/h10,13-14,21H,4-9,11H2,1-3H3/t13-,14+,17+/m0/s1. The Labute approximate surface area is 132 Å². The average molecular weight is 305 g/mol. The van der Waals surface area contributed by atoms with Gasteiger partial charge >= 0.3 is 0 Å². The van der Waals surface area contributed by atoms with Crippen LogP contribution >= 0.6 is 0 Å². The van der Waals surface area contributed by atoms with E-state index in [-0.39, 0.29) is 5.92 Å². The minimum Gasteiger partial charge on any atom is -0.390 e. The number of aliphatic hydroxyl groups is 1. The molecular formula is C17H27N3O2. The normalized spacial score (nSPS) is 32.5. The third kappa shape index (κ3) is 2.97. The van der Waals surface area contributed by atoms with E-state index < -0.39 is 5.60 Å². The van der Waals surface area contributed by atoms with Crippen molar-refractivity contribution in [2.75, 3.05) is 24.7 Å². The van der Waals surface area contributed by atoms with Gasteiger partial charge in [-0.2, -0.15) is 0 Å². The lowest BCUT2D eigenvalue weighted by molar-refractivity contribution is -0.108. The molecule has 0 bridgehead atoms. The molecule has 22 heavy (non-hydrogen) atoms. The van der Waals surface area contributed by atoms with Crippen LogP contribution in [0.2, 0.25) is 0 Å². The SMILES string of the molecule is CCc1nc(C)cc(N2CCC[C@@H]2[C@@H]2COCC[C@@]2(C)O)n1. The van der Waals surface area contributed by atoms with Crippen LogP contribution in [0.3, 0.4) is 0 Å². The monoisotopic (exact) mass is 305 g/mol. The number of hydrogen-bond donors (Lipinski definition) is 1. The van der Waals surface area contributed by atoms with Gasteiger partial charge in [-0.1, -0.05) is 6.92 Å². The van der Waals surface area contributed by atoms with E-state index in [0.29, 0.717) is 25.7 Å². The fraction of sp³-hybridized carbons (Fsp3) is 0.765. The maximum Gasteiger partial charge on any atom is 0.132 e. The minimum atomic E-state index is -0.652. The first kappa shape index (κ1) is 15.7. The summed E-state index contributed by atoms with van der Waals surface area (Å²) in [5, 5.41) is 10.8. The van der Waals surface area contributed by atoms with E-state index in [9.17, 15) is 5.11 Å². The van der Waals surface area contributed by atoms with Gasteiger partial charge in [0, 0.05) is 43.3 Å². The van der Waals surface area contributed by atoms with E-state index in [1.54, 1.807) is 0 Å². The Morgan fingerprint density at radius 2 is 2.27 bits per heavy atom. The molecule has 0 spiro atoms. The molecule has 2 aliphatic heterocycles. The van der Waals surface area contributed by atoms with Crippen LogP contribution in [0.1, 0.15) is 44.6 Å². The van der Waals surface area contributed by atoms with Crippen LogP contribution in [0, 0.1) is 12.8 Å². The number of rotatable bonds is 3. The van der Waals surface area contributed by atoms with E-state index in [1.807, 2.05) is 13.8 Å². The largest absolute Gasteiger partial charge is 0.390 e. The maximum atomic E-state index is 10.8. The molecule has 2 aliphatic rings. The molecule has 0 unspecified atom stereocenters. The van der Waals surface area contributed by atoms with Crippen molar-refractivity contribution in [2.45, 2.75) is 58.1 Å². The van der Waals surface area contributed by atoms with Crippen molar-refractivity contribution < 1.29 is 9.84 Å². The van der Waals surface area contributed by atoms with Gasteiger partial charge < -0.3 is 14.7 Å². The quantitative estimate of drug-likeness (QED) is 0.927. The molecule has 0 amide bonds. The van der Waals surface area contributed by atoms with Crippen molar-refractivity contribution in [3.63, 3.8) is 0 Å². The zero-order valence-electron chi connectivity index (χ0n) is 13.9. The zero-order chi connectivity index (χ0) is 15.7. The summed E-state index contributed by atoms with van der Waals surface area (Å²) >= 11 is 0. The third-order valence-electron chi connectivity index (χ3n) is 5.11. The van der Waals surface area contributed by atoms with Crippen molar-refractivity contribution >= 4 is 5.82 Å². The zero-order valence-corrected chi connectivity index (χ0v) is 13.9. The van der Waals surface area contributed by atoms with Gasteiger partial charge in [-0.25, -0.2) is 9.97 Å². The summed E-state index contributed by atoms with van der Waals surface area (Å²) in [6, 6.07) is 2.37. The Kier molecular flexibility index (Phi) is 4.37. The van der Waals surface area contributed by atoms with Crippen LogP contribution in [0.15, 0.2) is 6.07 Å². The first-order chi connectivity index (χ1) is 10.5. The van der Waals surface area contributed by atoms with Crippen molar-refractivity contribution in [1.82, 2.24) is 9.97 Å². The van der Waals surface area contributed by atoms with E-state index in [0.717, 1.165) is 43.1 Å². The predicted molar refractivity (Wildman–Crippen MR) is 86.1 cm³/mol. The summed E-state index contributed by atoms with van der Waals surface area (Å²) in [6.45, 7) is 8.35. The molecule has 1 aromatic rings. The summed E-state index contributed by atoms with van der Waals surface area (Å²) < 4.78 is 5.66. The first-order valence-corrected chi connectivity index (χ1v) is 8.42. The fourth-order valence-corrected chi connectivity index (χ4v) is 3.79. The summed E-state index contributed by atoms with van der Waals surface area (Å²) in [5.41, 5.74) is 0.361. The van der Waals surface area contributed by atoms with Crippen molar-refractivity contribution in [2.24, 2.45) is 5.92 Å². The summed E-state index contributed by atoms with van der Waals surface area (Å²) in [7, 11) is 0. The Morgan fingerprint density at radius 1 is 1.45 bits per heavy atom. The second kappa shape index (κ2) is 6.13. The van der Waals surface area contributed by atoms with E-state index >= 15 is 0 Å². The van der Waals surface area contributed by atoms with Crippen LogP contribution in [0.5, 0.6) is 0 Å². The van der Waals surface area contributed by atoms with Crippen LogP contribution in [-0.4, -0.2) is 46.5 Å². The Hall–Kier alpha value is -1.20. The number of anilines is 1. The van der Waals surface area contributed by atoms with Crippen molar-refractivity contribution in [3.05, 3.63) is 17.6 Å². The van der Waals surface area contributed by atoms with Crippen LogP contribution in [0.25, 0.3) is 0 Å². The lowest BCUT2D eigenvalue weighted by Crippen LogP contribution is -2.52. The molecule has 5 nitrogen and oxygen atoms in total. The molecule has 0 saturated carbocycles. The molecule has 3 atom stereocenters. The highest BCUT2D eigenvalue weighted by atomic mass is 16.5. The highest BCUT2D eigenvalue weighted by molar-refractivity contribution is 5.43. The lowest BCUT2D eigenvalue weighted by Gasteiger charge is -2.43. The Balaban J connectivity index is 1.88. The van der Waals surface area contributed by atoms with Crippen LogP contribution in [-0.2, 0) is 11.2 Å². The summed E-state index contributed by atoms with van der Waals surface area (Å²) in [4.78, 5) is 11.6.